The molecule has 0 spiro atoms. The highest BCUT2D eigenvalue weighted by Gasteiger charge is 2.35. The molecule has 1 aliphatic rings. The van der Waals surface area contributed by atoms with Crippen LogP contribution in [-0.2, 0) is 13.0 Å². The van der Waals surface area contributed by atoms with Gasteiger partial charge in [0.1, 0.15) is 12.4 Å². The van der Waals surface area contributed by atoms with Gasteiger partial charge in [0.25, 0.3) is 5.91 Å². The van der Waals surface area contributed by atoms with Crippen molar-refractivity contribution >= 4 is 18.3 Å². The van der Waals surface area contributed by atoms with Crippen LogP contribution in [0.2, 0.25) is 0 Å². The second-order valence-electron chi connectivity index (χ2n) is 7.52. The standard InChI is InChI=1S/C16H21N9O2.ClH/c1-16(2,3)11(15-21-13(25-27-15)12-18-7-19-24-12)20-14(26)10-8-6-17-5-4-9(8)22-23-10;/h7,11,17H,4-6H2,1-3H3,(H,20,26)(H,22,23)(H,18,19,24);1H. The maximum absolute atomic E-state index is 12.9. The number of aromatic nitrogens is 7. The number of nitrogens with one attached hydrogen (secondary N) is 4. The summed E-state index contributed by atoms with van der Waals surface area (Å²) in [6.07, 6.45) is 2.19. The van der Waals surface area contributed by atoms with Gasteiger partial charge in [-0.15, -0.1) is 12.4 Å². The summed E-state index contributed by atoms with van der Waals surface area (Å²) in [6, 6.07) is -0.502. The first-order chi connectivity index (χ1) is 12.9. The van der Waals surface area contributed by atoms with Crippen LogP contribution in [0.1, 0.15) is 54.4 Å². The smallest absolute Gasteiger partial charge is 0.272 e. The molecule has 150 valence electrons. The highest BCUT2D eigenvalue weighted by Crippen LogP contribution is 2.33. The molecule has 1 amide bonds. The molecule has 0 saturated carbocycles. The Morgan fingerprint density at radius 2 is 2.14 bits per heavy atom. The Morgan fingerprint density at radius 1 is 1.32 bits per heavy atom. The van der Waals surface area contributed by atoms with Gasteiger partial charge >= 0.3 is 0 Å². The lowest BCUT2D eigenvalue weighted by molar-refractivity contribution is 0.0874. The van der Waals surface area contributed by atoms with Crippen molar-refractivity contribution in [1.82, 2.24) is 46.2 Å². The van der Waals surface area contributed by atoms with Crippen LogP contribution in [0.4, 0.5) is 0 Å². The monoisotopic (exact) mass is 407 g/mol. The van der Waals surface area contributed by atoms with Crippen molar-refractivity contribution in [2.45, 2.75) is 39.8 Å². The van der Waals surface area contributed by atoms with E-state index in [2.05, 4.69) is 46.2 Å². The van der Waals surface area contributed by atoms with E-state index in [1.54, 1.807) is 0 Å². The largest absolute Gasteiger partial charge is 0.338 e. The molecule has 4 heterocycles. The minimum atomic E-state index is -0.502. The van der Waals surface area contributed by atoms with Gasteiger partial charge in [0.05, 0.1) is 0 Å². The first kappa shape index (κ1) is 20.0. The molecule has 0 aromatic carbocycles. The fraction of sp³-hybridized carbons (Fsp3) is 0.500. The number of H-pyrrole nitrogens is 2. The average Bonchev–Trinajstić information content (AvgIpc) is 3.37. The zero-order valence-corrected chi connectivity index (χ0v) is 16.6. The highest BCUT2D eigenvalue weighted by molar-refractivity contribution is 5.94. The number of fused-ring (bicyclic) bond motifs is 1. The number of rotatable bonds is 4. The zero-order chi connectivity index (χ0) is 19.0. The van der Waals surface area contributed by atoms with Crippen LogP contribution in [0, 0.1) is 5.41 Å². The second-order valence-corrected chi connectivity index (χ2v) is 7.52. The highest BCUT2D eigenvalue weighted by atomic mass is 35.5. The molecule has 3 aromatic rings. The molecule has 4 rings (SSSR count). The molecule has 1 aliphatic heterocycles. The quantitative estimate of drug-likeness (QED) is 0.503. The number of halogens is 1. The SMILES string of the molecule is CC(C)(C)C(NC(=O)c1n[nH]c2c1CNCC2)c1nc(-c2ncn[nH]2)no1.Cl. The third kappa shape index (κ3) is 3.76. The lowest BCUT2D eigenvalue weighted by Gasteiger charge is -2.28. The number of aromatic amines is 2. The van der Waals surface area contributed by atoms with Crippen molar-refractivity contribution in [1.29, 1.82) is 0 Å². The Labute approximate surface area is 166 Å². The summed E-state index contributed by atoms with van der Waals surface area (Å²) >= 11 is 0. The number of carbonyl (C=O) groups is 1. The topological polar surface area (TPSA) is 150 Å². The Morgan fingerprint density at radius 3 is 2.86 bits per heavy atom. The van der Waals surface area contributed by atoms with E-state index in [0.29, 0.717) is 24.0 Å². The van der Waals surface area contributed by atoms with E-state index in [-0.39, 0.29) is 29.6 Å². The van der Waals surface area contributed by atoms with Crippen LogP contribution >= 0.6 is 12.4 Å². The van der Waals surface area contributed by atoms with Gasteiger partial charge in [-0.2, -0.15) is 15.2 Å². The van der Waals surface area contributed by atoms with E-state index in [1.807, 2.05) is 20.8 Å². The molecule has 3 aromatic heterocycles. The number of hydrogen-bond donors (Lipinski definition) is 4. The number of nitrogens with zero attached hydrogens (tertiary/aromatic N) is 5. The van der Waals surface area contributed by atoms with E-state index in [1.165, 1.54) is 6.33 Å². The van der Waals surface area contributed by atoms with Crippen LogP contribution in [-0.4, -0.2) is 48.0 Å². The van der Waals surface area contributed by atoms with E-state index in [0.717, 1.165) is 24.2 Å². The molecule has 0 radical (unpaired) electrons. The van der Waals surface area contributed by atoms with E-state index in [4.69, 9.17) is 4.52 Å². The van der Waals surface area contributed by atoms with Crippen LogP contribution in [0.15, 0.2) is 10.9 Å². The second kappa shape index (κ2) is 7.68. The third-order valence-corrected chi connectivity index (χ3v) is 4.48. The van der Waals surface area contributed by atoms with Crippen LogP contribution in [0.3, 0.4) is 0 Å². The number of hydrogen-bond acceptors (Lipinski definition) is 8. The Kier molecular flexibility index (Phi) is 5.47. The molecular formula is C16H22ClN9O2. The average molecular weight is 408 g/mol. The summed E-state index contributed by atoms with van der Waals surface area (Å²) in [6.45, 7) is 7.44. The minimum absolute atomic E-state index is 0. The summed E-state index contributed by atoms with van der Waals surface area (Å²) in [5, 5.41) is 23.8. The van der Waals surface area contributed by atoms with Crippen molar-refractivity contribution in [3.63, 3.8) is 0 Å². The Bertz CT molecular complexity index is 942. The molecule has 0 fully saturated rings. The van der Waals surface area contributed by atoms with Gasteiger partial charge in [0.15, 0.2) is 11.5 Å². The Hall–Kier alpha value is -2.79. The molecule has 0 saturated heterocycles. The normalized spacial score (nSPS) is 14.8. The van der Waals surface area contributed by atoms with Gasteiger partial charge in [-0.05, 0) is 5.41 Å². The summed E-state index contributed by atoms with van der Waals surface area (Å²) in [4.78, 5) is 21.3. The molecule has 4 N–H and O–H groups in total. The van der Waals surface area contributed by atoms with E-state index < -0.39 is 6.04 Å². The molecule has 11 nitrogen and oxygen atoms in total. The lowest BCUT2D eigenvalue weighted by atomic mass is 9.86. The van der Waals surface area contributed by atoms with Crippen molar-refractivity contribution in [2.75, 3.05) is 6.54 Å². The molecule has 0 aliphatic carbocycles. The molecular weight excluding hydrogens is 386 g/mol. The fourth-order valence-corrected chi connectivity index (χ4v) is 3.02. The van der Waals surface area contributed by atoms with Crippen LogP contribution in [0.5, 0.6) is 0 Å². The molecule has 1 unspecified atom stereocenters. The predicted octanol–water partition coefficient (Wildman–Crippen LogP) is 1.16. The van der Waals surface area contributed by atoms with Crippen molar-refractivity contribution < 1.29 is 9.32 Å². The molecule has 12 heteroatoms. The van der Waals surface area contributed by atoms with E-state index in [9.17, 15) is 4.79 Å². The summed E-state index contributed by atoms with van der Waals surface area (Å²) < 4.78 is 5.40. The van der Waals surface area contributed by atoms with Crippen LogP contribution < -0.4 is 10.6 Å². The van der Waals surface area contributed by atoms with Crippen molar-refractivity contribution in [3.8, 4) is 11.6 Å². The Balaban J connectivity index is 0.00000225. The maximum Gasteiger partial charge on any atom is 0.272 e. The summed E-state index contributed by atoms with van der Waals surface area (Å²) in [5.74, 6) is 0.698. The summed E-state index contributed by atoms with van der Waals surface area (Å²) in [5.41, 5.74) is 1.92. The van der Waals surface area contributed by atoms with Gasteiger partial charge in [-0.25, -0.2) is 4.98 Å². The number of amides is 1. The molecule has 0 bridgehead atoms. The maximum atomic E-state index is 12.9. The van der Waals surface area contributed by atoms with Crippen LogP contribution in [0.25, 0.3) is 11.6 Å². The predicted molar refractivity (Wildman–Crippen MR) is 101 cm³/mol. The first-order valence-electron chi connectivity index (χ1n) is 8.70. The molecule has 1 atom stereocenters. The van der Waals surface area contributed by atoms with Gasteiger partial charge in [0, 0.05) is 30.8 Å². The first-order valence-corrected chi connectivity index (χ1v) is 8.70. The fourth-order valence-electron chi connectivity index (χ4n) is 3.02. The summed E-state index contributed by atoms with van der Waals surface area (Å²) in [7, 11) is 0. The molecule has 28 heavy (non-hydrogen) atoms. The van der Waals surface area contributed by atoms with E-state index >= 15 is 0 Å². The minimum Gasteiger partial charge on any atom is -0.338 e. The third-order valence-electron chi connectivity index (χ3n) is 4.48. The van der Waals surface area contributed by atoms with Gasteiger partial charge in [0.2, 0.25) is 11.7 Å². The van der Waals surface area contributed by atoms with Crippen molar-refractivity contribution in [2.24, 2.45) is 5.41 Å². The number of carbonyl (C=O) groups excluding carboxylic acids is 1. The zero-order valence-electron chi connectivity index (χ0n) is 15.7. The van der Waals surface area contributed by atoms with Gasteiger partial charge in [-0.1, -0.05) is 25.9 Å². The lowest BCUT2D eigenvalue weighted by Crippen LogP contribution is -2.38. The van der Waals surface area contributed by atoms with Gasteiger partial charge < -0.3 is 15.2 Å². The van der Waals surface area contributed by atoms with Gasteiger partial charge in [-0.3, -0.25) is 15.0 Å². The van der Waals surface area contributed by atoms with Crippen molar-refractivity contribution in [3.05, 3.63) is 29.2 Å².